The maximum Gasteiger partial charge on any atom is 0.277 e. The Morgan fingerprint density at radius 2 is 1.57 bits per heavy atom. The number of halogens is 1. The molecule has 0 unspecified atom stereocenters. The van der Waals surface area contributed by atoms with Gasteiger partial charge < -0.3 is 0 Å². The van der Waals surface area contributed by atoms with Crippen LogP contribution in [0.2, 0.25) is 0 Å². The Hall–Kier alpha value is 0.210. The first-order chi connectivity index (χ1) is 3.41. The summed E-state index contributed by atoms with van der Waals surface area (Å²) >= 11 is 0.389. The van der Waals surface area contributed by atoms with Gasteiger partial charge in [-0.3, -0.25) is 0 Å². The van der Waals surface area contributed by atoms with Crippen LogP contribution in [0.15, 0.2) is 25.3 Å². The van der Waals surface area contributed by atoms with Crippen LogP contribution in [0.4, 0.5) is 0 Å². The van der Waals surface area contributed by atoms with E-state index in [4.69, 9.17) is 0 Å². The molecule has 0 atom stereocenters. The lowest BCUT2D eigenvalue weighted by Crippen LogP contribution is -3.63. The second-order valence-corrected chi connectivity index (χ2v) is 3.92. The predicted octanol–water partition coefficient (Wildman–Crippen LogP) is -1.55. The van der Waals surface area contributed by atoms with Crippen LogP contribution in [0.5, 0.6) is 0 Å². The summed E-state index contributed by atoms with van der Waals surface area (Å²) in [6.45, 7) is 7.25. The first-order valence-electron chi connectivity index (χ1n) is 2.17. The zero-order valence-corrected chi connectivity index (χ0v) is 6.52. The molecule has 0 amide bonds. The molecule has 0 bridgehead atoms. The molecule has 40 valence electrons. The van der Waals surface area contributed by atoms with E-state index in [1.807, 2.05) is 12.2 Å². The van der Waals surface area contributed by atoms with Crippen LogP contribution < -0.4 is 21.2 Å². The van der Waals surface area contributed by atoms with Crippen LogP contribution in [-0.2, 0) is 0 Å². The first-order valence-corrected chi connectivity index (χ1v) is 5.22. The van der Waals surface area contributed by atoms with Gasteiger partial charge in [-0.2, -0.15) is 0 Å². The highest BCUT2D eigenvalue weighted by atomic mass is 127. The molecule has 0 saturated carbocycles. The van der Waals surface area contributed by atoms with Crippen LogP contribution >= 0.6 is 0 Å². The smallest absolute Gasteiger partial charge is 0.0989 e. The maximum atomic E-state index is 3.63. The van der Waals surface area contributed by atoms with E-state index < -0.39 is 0 Å². The Kier molecular flexibility index (Phi) is 6.40. The third-order valence-corrected chi connectivity index (χ3v) is 2.93. The molecule has 0 aliphatic heterocycles. The fourth-order valence-electron chi connectivity index (χ4n) is 0.217. The van der Waals surface area contributed by atoms with Crippen molar-refractivity contribution in [1.82, 2.24) is 0 Å². The highest BCUT2D eigenvalue weighted by Gasteiger charge is 1.94. The van der Waals surface area contributed by atoms with E-state index in [9.17, 15) is 0 Å². The highest BCUT2D eigenvalue weighted by Crippen LogP contribution is 1.42. The van der Waals surface area contributed by atoms with Gasteiger partial charge in [0.15, 0.2) is 8.86 Å². The summed E-state index contributed by atoms with van der Waals surface area (Å²) in [6.07, 6.45) is 3.97. The summed E-state index contributed by atoms with van der Waals surface area (Å²) in [4.78, 5) is 0. The SMILES string of the molecule is C=CC[I+]CC=C. The number of allylic oxidation sites excluding steroid dienone is 2. The molecule has 0 aromatic heterocycles. The molecule has 0 aromatic rings. The van der Waals surface area contributed by atoms with Crippen molar-refractivity contribution in [2.45, 2.75) is 0 Å². The molecule has 0 radical (unpaired) electrons. The minimum atomic E-state index is 0.389. The van der Waals surface area contributed by atoms with E-state index in [0.717, 1.165) is 0 Å². The molecule has 0 aromatic carbocycles. The predicted molar refractivity (Wildman–Crippen MR) is 30.1 cm³/mol. The van der Waals surface area contributed by atoms with Crippen LogP contribution in [0.3, 0.4) is 0 Å². The van der Waals surface area contributed by atoms with Crippen molar-refractivity contribution in [3.63, 3.8) is 0 Å². The van der Waals surface area contributed by atoms with Crippen molar-refractivity contribution in [3.8, 4) is 0 Å². The zero-order valence-electron chi connectivity index (χ0n) is 4.36. The molecular weight excluding hydrogens is 199 g/mol. The van der Waals surface area contributed by atoms with Gasteiger partial charge in [-0.1, -0.05) is 13.2 Å². The minimum Gasteiger partial charge on any atom is -0.0989 e. The molecule has 0 saturated heterocycles. The Bertz CT molecular complexity index is 49.2. The van der Waals surface area contributed by atoms with Gasteiger partial charge in [-0.05, 0) is 12.2 Å². The van der Waals surface area contributed by atoms with Crippen molar-refractivity contribution >= 4 is 0 Å². The number of alkyl halides is 2. The van der Waals surface area contributed by atoms with Crippen molar-refractivity contribution < 1.29 is 21.2 Å². The molecular formula is C6H10I+. The first kappa shape index (κ1) is 7.21. The zero-order chi connectivity index (χ0) is 5.54. The van der Waals surface area contributed by atoms with Gasteiger partial charge in [0.25, 0.3) is 21.2 Å². The quantitative estimate of drug-likeness (QED) is 0.227. The van der Waals surface area contributed by atoms with Crippen LogP contribution in [0.25, 0.3) is 0 Å². The van der Waals surface area contributed by atoms with Gasteiger partial charge in [-0.25, -0.2) is 0 Å². The van der Waals surface area contributed by atoms with Gasteiger partial charge in [0, 0.05) is 0 Å². The van der Waals surface area contributed by atoms with Gasteiger partial charge in [0.05, 0.1) is 0 Å². The van der Waals surface area contributed by atoms with E-state index in [1.54, 1.807) is 0 Å². The van der Waals surface area contributed by atoms with Crippen molar-refractivity contribution in [2.24, 2.45) is 0 Å². The summed E-state index contributed by atoms with van der Waals surface area (Å²) in [5, 5.41) is 0. The summed E-state index contributed by atoms with van der Waals surface area (Å²) in [5.74, 6) is 0. The molecule has 0 N–H and O–H groups in total. The summed E-state index contributed by atoms with van der Waals surface area (Å²) in [5.41, 5.74) is 0. The fraction of sp³-hybridized carbons (Fsp3) is 0.333. The normalized spacial score (nSPS) is 8.00. The van der Waals surface area contributed by atoms with E-state index in [2.05, 4.69) is 13.2 Å². The Morgan fingerprint density at radius 3 is 1.86 bits per heavy atom. The third kappa shape index (κ3) is 6.21. The van der Waals surface area contributed by atoms with Gasteiger partial charge in [0.2, 0.25) is 0 Å². The second kappa shape index (κ2) is 6.21. The molecule has 1 heteroatoms. The molecule has 0 spiro atoms. The van der Waals surface area contributed by atoms with E-state index >= 15 is 0 Å². The molecule has 0 nitrogen and oxygen atoms in total. The van der Waals surface area contributed by atoms with Crippen LogP contribution in [0.1, 0.15) is 0 Å². The second-order valence-electron chi connectivity index (χ2n) is 1.07. The highest BCUT2D eigenvalue weighted by molar-refractivity contribution is 4.65. The fourth-order valence-corrected chi connectivity index (χ4v) is 1.46. The van der Waals surface area contributed by atoms with Crippen molar-refractivity contribution in [1.29, 1.82) is 0 Å². The summed E-state index contributed by atoms with van der Waals surface area (Å²) in [6, 6.07) is 0. The van der Waals surface area contributed by atoms with Crippen molar-refractivity contribution in [3.05, 3.63) is 25.3 Å². The number of hydrogen-bond acceptors (Lipinski definition) is 0. The Balaban J connectivity index is 2.68. The van der Waals surface area contributed by atoms with Gasteiger partial charge >= 0.3 is 0 Å². The lowest BCUT2D eigenvalue weighted by atomic mass is 10.8. The molecule has 7 heavy (non-hydrogen) atoms. The topological polar surface area (TPSA) is 0 Å². The molecule has 0 fully saturated rings. The lowest BCUT2D eigenvalue weighted by Gasteiger charge is -1.65. The summed E-state index contributed by atoms with van der Waals surface area (Å²) in [7, 11) is 0. The number of rotatable bonds is 4. The summed E-state index contributed by atoms with van der Waals surface area (Å²) < 4.78 is 2.45. The maximum absolute atomic E-state index is 3.63. The molecule has 0 aliphatic rings. The monoisotopic (exact) mass is 209 g/mol. The van der Waals surface area contributed by atoms with Gasteiger partial charge in [-0.15, -0.1) is 0 Å². The van der Waals surface area contributed by atoms with Crippen LogP contribution in [-0.4, -0.2) is 8.86 Å². The number of hydrogen-bond donors (Lipinski definition) is 0. The van der Waals surface area contributed by atoms with Crippen LogP contribution in [0, 0.1) is 0 Å². The van der Waals surface area contributed by atoms with Gasteiger partial charge in [0.1, 0.15) is 0 Å². The lowest BCUT2D eigenvalue weighted by molar-refractivity contribution is -0.636. The molecule has 0 heterocycles. The third-order valence-electron chi connectivity index (χ3n) is 0.436. The Morgan fingerprint density at radius 1 is 1.14 bits per heavy atom. The molecule has 0 rings (SSSR count). The Labute approximate surface area is 55.6 Å². The average Bonchev–Trinajstić information content (AvgIpc) is 1.69. The largest absolute Gasteiger partial charge is 0.277 e. The van der Waals surface area contributed by atoms with Crippen molar-refractivity contribution in [2.75, 3.05) is 8.86 Å². The minimum absolute atomic E-state index is 0.389. The van der Waals surface area contributed by atoms with E-state index in [-0.39, 0.29) is 0 Å². The average molecular weight is 209 g/mol. The van der Waals surface area contributed by atoms with E-state index in [1.165, 1.54) is 8.86 Å². The molecule has 0 aliphatic carbocycles. The van der Waals surface area contributed by atoms with E-state index in [0.29, 0.717) is 21.2 Å². The standard InChI is InChI=1S/C6H10I/c1-3-5-7-6-4-2/h3-4H,1-2,5-6H2/q+1.